The van der Waals surface area contributed by atoms with Gasteiger partial charge in [0.2, 0.25) is 0 Å². The molecule has 0 amide bonds. The van der Waals surface area contributed by atoms with Gasteiger partial charge >= 0.3 is 5.76 Å². The van der Waals surface area contributed by atoms with Crippen LogP contribution < -0.4 is 10.5 Å². The number of anilines is 1. The second-order valence-electron chi connectivity index (χ2n) is 5.15. The summed E-state index contributed by atoms with van der Waals surface area (Å²) in [6, 6.07) is 9.20. The maximum absolute atomic E-state index is 12.5. The Labute approximate surface area is 141 Å². The Hall–Kier alpha value is -3.14. The fourth-order valence-electron chi connectivity index (χ4n) is 2.41. The summed E-state index contributed by atoms with van der Waals surface area (Å²) in [4.78, 5) is 21.7. The molecule has 2 aromatic carbocycles. The zero-order valence-corrected chi connectivity index (χ0v) is 13.8. The van der Waals surface area contributed by atoms with E-state index in [9.17, 15) is 23.3 Å². The van der Waals surface area contributed by atoms with Crippen LogP contribution in [0.4, 0.5) is 11.4 Å². The van der Waals surface area contributed by atoms with Gasteiger partial charge in [0, 0.05) is 24.7 Å². The van der Waals surface area contributed by atoms with E-state index < -0.39 is 20.7 Å². The third-order valence-corrected chi connectivity index (χ3v) is 4.95. The molecule has 0 saturated carbocycles. The molecule has 0 fully saturated rings. The molecule has 1 aromatic heterocycles. The van der Waals surface area contributed by atoms with E-state index in [2.05, 4.69) is 4.72 Å². The van der Waals surface area contributed by atoms with Crippen LogP contribution in [0.1, 0.15) is 6.92 Å². The second-order valence-corrected chi connectivity index (χ2v) is 6.84. The van der Waals surface area contributed by atoms with Crippen molar-refractivity contribution in [2.75, 3.05) is 4.72 Å². The Morgan fingerprint density at radius 2 is 2.00 bits per heavy atom. The van der Waals surface area contributed by atoms with Gasteiger partial charge in [0.1, 0.15) is 0 Å². The van der Waals surface area contributed by atoms with E-state index in [4.69, 9.17) is 4.42 Å². The SMILES string of the molecule is CCn1c(=O)oc2cc(S(=O)(=O)Nc3cccc([N+](=O)[O-])c3)ccc21. The predicted octanol–water partition coefficient (Wildman–Crippen LogP) is 2.32. The standard InChI is InChI=1S/C15H13N3O6S/c1-2-17-13-7-6-12(9-14(13)24-15(17)19)25(22,23)16-10-4-3-5-11(8-10)18(20)21/h3-9,16H,2H2,1H3. The number of fused-ring (bicyclic) bond motifs is 1. The maximum Gasteiger partial charge on any atom is 0.419 e. The molecule has 0 saturated heterocycles. The molecule has 3 rings (SSSR count). The summed E-state index contributed by atoms with van der Waals surface area (Å²) in [6.45, 7) is 2.16. The van der Waals surface area contributed by atoms with Gasteiger partial charge in [-0.05, 0) is 25.1 Å². The molecular formula is C15H13N3O6S. The second kappa shape index (κ2) is 6.06. The number of nitro groups is 1. The van der Waals surface area contributed by atoms with E-state index >= 15 is 0 Å². The number of nitro benzene ring substituents is 1. The first kappa shape index (κ1) is 16.7. The fourth-order valence-corrected chi connectivity index (χ4v) is 3.47. The van der Waals surface area contributed by atoms with E-state index in [1.54, 1.807) is 6.92 Å². The molecule has 0 radical (unpaired) electrons. The number of aryl methyl sites for hydroxylation is 1. The summed E-state index contributed by atoms with van der Waals surface area (Å²) >= 11 is 0. The molecule has 130 valence electrons. The third kappa shape index (κ3) is 3.11. The number of hydrogen-bond acceptors (Lipinski definition) is 6. The highest BCUT2D eigenvalue weighted by Crippen LogP contribution is 2.23. The van der Waals surface area contributed by atoms with Crippen LogP contribution in [-0.4, -0.2) is 17.9 Å². The Kier molecular flexibility index (Phi) is 4.05. The highest BCUT2D eigenvalue weighted by Gasteiger charge is 2.18. The normalized spacial score (nSPS) is 11.6. The van der Waals surface area contributed by atoms with Gasteiger partial charge in [-0.15, -0.1) is 0 Å². The molecule has 0 bridgehead atoms. The Balaban J connectivity index is 2.00. The number of hydrogen-bond donors (Lipinski definition) is 1. The van der Waals surface area contributed by atoms with Crippen molar-refractivity contribution in [2.24, 2.45) is 0 Å². The minimum atomic E-state index is -4.00. The summed E-state index contributed by atoms with van der Waals surface area (Å²) in [5.41, 5.74) is 0.458. The zero-order chi connectivity index (χ0) is 18.2. The quantitative estimate of drug-likeness (QED) is 0.548. The summed E-state index contributed by atoms with van der Waals surface area (Å²) in [5.74, 6) is -0.571. The van der Waals surface area contributed by atoms with Crippen LogP contribution in [0.25, 0.3) is 11.1 Å². The van der Waals surface area contributed by atoms with Crippen molar-refractivity contribution in [3.05, 3.63) is 63.1 Å². The van der Waals surface area contributed by atoms with Gasteiger partial charge in [-0.2, -0.15) is 0 Å². The van der Waals surface area contributed by atoms with E-state index in [0.29, 0.717) is 12.1 Å². The number of nitrogens with zero attached hydrogens (tertiary/aromatic N) is 2. The average Bonchev–Trinajstić information content (AvgIpc) is 2.88. The van der Waals surface area contributed by atoms with Crippen LogP contribution in [0.2, 0.25) is 0 Å². The lowest BCUT2D eigenvalue weighted by atomic mass is 10.3. The van der Waals surface area contributed by atoms with E-state index in [-0.39, 0.29) is 21.9 Å². The lowest BCUT2D eigenvalue weighted by Crippen LogP contribution is -2.13. The summed E-state index contributed by atoms with van der Waals surface area (Å²) in [7, 11) is -4.00. The Morgan fingerprint density at radius 1 is 1.24 bits per heavy atom. The number of rotatable bonds is 5. The van der Waals surface area contributed by atoms with Gasteiger partial charge in [-0.3, -0.25) is 19.4 Å². The van der Waals surface area contributed by atoms with Gasteiger partial charge in [0.05, 0.1) is 21.0 Å². The number of non-ortho nitro benzene ring substituents is 1. The van der Waals surface area contributed by atoms with Crippen LogP contribution in [0.5, 0.6) is 0 Å². The predicted molar refractivity (Wildman–Crippen MR) is 90.1 cm³/mol. The average molecular weight is 363 g/mol. The summed E-state index contributed by atoms with van der Waals surface area (Å²) in [6.07, 6.45) is 0. The molecule has 0 spiro atoms. The number of benzene rings is 2. The molecule has 0 unspecified atom stereocenters. The molecule has 10 heteroatoms. The number of aromatic nitrogens is 1. The van der Waals surface area contributed by atoms with E-state index in [0.717, 1.165) is 6.07 Å². The molecule has 3 aromatic rings. The lowest BCUT2D eigenvalue weighted by molar-refractivity contribution is -0.384. The van der Waals surface area contributed by atoms with Crippen molar-refractivity contribution in [3.63, 3.8) is 0 Å². The lowest BCUT2D eigenvalue weighted by Gasteiger charge is -2.08. The number of nitrogens with one attached hydrogen (secondary N) is 1. The molecule has 1 heterocycles. The summed E-state index contributed by atoms with van der Waals surface area (Å²) in [5, 5.41) is 10.8. The van der Waals surface area contributed by atoms with Gasteiger partial charge < -0.3 is 4.42 Å². The molecule has 1 N–H and O–H groups in total. The topological polar surface area (TPSA) is 124 Å². The molecular weight excluding hydrogens is 350 g/mol. The minimum Gasteiger partial charge on any atom is -0.408 e. The smallest absolute Gasteiger partial charge is 0.408 e. The van der Waals surface area contributed by atoms with Crippen molar-refractivity contribution in [3.8, 4) is 0 Å². The van der Waals surface area contributed by atoms with Crippen LogP contribution >= 0.6 is 0 Å². The van der Waals surface area contributed by atoms with E-state index in [1.165, 1.54) is 41.0 Å². The third-order valence-electron chi connectivity index (χ3n) is 3.58. The summed E-state index contributed by atoms with van der Waals surface area (Å²) < 4.78 is 33.7. The van der Waals surface area contributed by atoms with Crippen molar-refractivity contribution in [1.29, 1.82) is 0 Å². The molecule has 25 heavy (non-hydrogen) atoms. The number of sulfonamides is 1. The van der Waals surface area contributed by atoms with Crippen molar-refractivity contribution >= 4 is 32.5 Å². The van der Waals surface area contributed by atoms with Gasteiger partial charge in [-0.25, -0.2) is 13.2 Å². The van der Waals surface area contributed by atoms with E-state index in [1.807, 2.05) is 0 Å². The Morgan fingerprint density at radius 3 is 2.68 bits per heavy atom. The van der Waals surface area contributed by atoms with Crippen LogP contribution in [0.3, 0.4) is 0 Å². The largest absolute Gasteiger partial charge is 0.419 e. The highest BCUT2D eigenvalue weighted by molar-refractivity contribution is 7.92. The monoisotopic (exact) mass is 363 g/mol. The van der Waals surface area contributed by atoms with Crippen molar-refractivity contribution in [1.82, 2.24) is 4.57 Å². The van der Waals surface area contributed by atoms with Crippen LogP contribution in [-0.2, 0) is 16.6 Å². The zero-order valence-electron chi connectivity index (χ0n) is 13.0. The highest BCUT2D eigenvalue weighted by atomic mass is 32.2. The first-order chi connectivity index (χ1) is 11.8. The van der Waals surface area contributed by atoms with Gasteiger partial charge in [0.15, 0.2) is 5.58 Å². The first-order valence-electron chi connectivity index (χ1n) is 7.22. The molecule has 0 aliphatic carbocycles. The molecule has 9 nitrogen and oxygen atoms in total. The first-order valence-corrected chi connectivity index (χ1v) is 8.71. The Bertz CT molecular complexity index is 1130. The van der Waals surface area contributed by atoms with Crippen LogP contribution in [0, 0.1) is 10.1 Å². The fraction of sp³-hybridized carbons (Fsp3) is 0.133. The van der Waals surface area contributed by atoms with Gasteiger partial charge in [-0.1, -0.05) is 6.07 Å². The minimum absolute atomic E-state index is 0.0573. The van der Waals surface area contributed by atoms with Gasteiger partial charge in [0.25, 0.3) is 15.7 Å². The van der Waals surface area contributed by atoms with Crippen LogP contribution in [0.15, 0.2) is 56.6 Å². The maximum atomic E-state index is 12.5. The molecule has 0 atom stereocenters. The van der Waals surface area contributed by atoms with Crippen molar-refractivity contribution < 1.29 is 17.8 Å². The van der Waals surface area contributed by atoms with Crippen molar-refractivity contribution in [2.45, 2.75) is 18.4 Å². The molecule has 0 aliphatic heterocycles. The number of oxazole rings is 1. The molecule has 0 aliphatic rings.